The summed E-state index contributed by atoms with van der Waals surface area (Å²) < 4.78 is 45.4. The van der Waals surface area contributed by atoms with Gasteiger partial charge in [0.25, 0.3) is 5.91 Å². The molecule has 0 aliphatic carbocycles. The van der Waals surface area contributed by atoms with Gasteiger partial charge in [0, 0.05) is 16.1 Å². The molecule has 35 heavy (non-hydrogen) atoms. The first-order valence-electron chi connectivity index (χ1n) is 10.0. The number of anilines is 1. The van der Waals surface area contributed by atoms with Crippen LogP contribution in [0.5, 0.6) is 11.5 Å². The lowest BCUT2D eigenvalue weighted by molar-refractivity contribution is -0.385. The van der Waals surface area contributed by atoms with Crippen molar-refractivity contribution in [3.05, 3.63) is 98.0 Å². The fourth-order valence-electron chi connectivity index (χ4n) is 3.35. The smallest absolute Gasteiger partial charge is 0.416 e. The van der Waals surface area contributed by atoms with Gasteiger partial charge in [-0.25, -0.2) is 0 Å². The summed E-state index contributed by atoms with van der Waals surface area (Å²) in [5, 5.41) is 17.0. The molecule has 0 radical (unpaired) electrons. The van der Waals surface area contributed by atoms with Gasteiger partial charge in [-0.05, 0) is 55.5 Å². The highest BCUT2D eigenvalue weighted by molar-refractivity contribution is 9.10. The summed E-state index contributed by atoms with van der Waals surface area (Å²) in [5.74, 6) is -0.665. The largest absolute Gasteiger partial charge is 0.449 e. The van der Waals surface area contributed by atoms with Gasteiger partial charge in [-0.15, -0.1) is 0 Å². The van der Waals surface area contributed by atoms with Gasteiger partial charge >= 0.3 is 11.9 Å². The predicted octanol–water partition coefficient (Wildman–Crippen LogP) is 6.97. The second kappa shape index (κ2) is 9.34. The molecule has 0 unspecified atom stereocenters. The number of para-hydroxylation sites is 1. The number of halogens is 4. The van der Waals surface area contributed by atoms with Crippen molar-refractivity contribution in [1.29, 1.82) is 0 Å². The van der Waals surface area contributed by atoms with Crippen molar-refractivity contribution in [3.63, 3.8) is 0 Å². The molecule has 0 saturated heterocycles. The number of nitro benzene ring substituents is 1. The summed E-state index contributed by atoms with van der Waals surface area (Å²) >= 11 is 3.34. The molecule has 7 nitrogen and oxygen atoms in total. The third-order valence-electron chi connectivity index (χ3n) is 5.04. The van der Waals surface area contributed by atoms with Gasteiger partial charge in [0.05, 0.1) is 27.5 Å². The number of hydrazone groups is 1. The zero-order chi connectivity index (χ0) is 25.3. The van der Waals surface area contributed by atoms with E-state index >= 15 is 0 Å². The minimum absolute atomic E-state index is 0.0994. The maximum Gasteiger partial charge on any atom is 0.416 e. The van der Waals surface area contributed by atoms with Crippen LogP contribution in [0.2, 0.25) is 0 Å². The number of nitro groups is 1. The van der Waals surface area contributed by atoms with Crippen molar-refractivity contribution in [2.75, 3.05) is 5.01 Å². The molecule has 1 heterocycles. The molecule has 1 aliphatic rings. The van der Waals surface area contributed by atoms with Crippen molar-refractivity contribution in [1.82, 2.24) is 0 Å². The molecule has 178 valence electrons. The Kier molecular flexibility index (Phi) is 6.44. The third-order valence-corrected chi connectivity index (χ3v) is 5.53. The van der Waals surface area contributed by atoms with Crippen LogP contribution in [0.25, 0.3) is 6.08 Å². The monoisotopic (exact) mass is 545 g/mol. The Bertz CT molecular complexity index is 1390. The Balaban J connectivity index is 1.73. The number of nitrogens with zero attached hydrogens (tertiary/aromatic N) is 3. The number of ether oxygens (including phenoxy) is 1. The lowest BCUT2D eigenvalue weighted by Crippen LogP contribution is -2.21. The van der Waals surface area contributed by atoms with Crippen LogP contribution in [0.15, 0.2) is 81.9 Å². The van der Waals surface area contributed by atoms with Crippen molar-refractivity contribution >= 4 is 45.0 Å². The highest BCUT2D eigenvalue weighted by Crippen LogP contribution is 2.39. The molecule has 0 spiro atoms. The predicted molar refractivity (Wildman–Crippen MR) is 127 cm³/mol. The summed E-state index contributed by atoms with van der Waals surface area (Å²) in [7, 11) is 0. The Morgan fingerprint density at radius 2 is 1.74 bits per heavy atom. The van der Waals surface area contributed by atoms with Gasteiger partial charge in [-0.3, -0.25) is 14.9 Å². The van der Waals surface area contributed by atoms with Gasteiger partial charge in [0.1, 0.15) is 5.75 Å². The number of hydrogen-bond donors (Lipinski definition) is 0. The average molecular weight is 546 g/mol. The van der Waals surface area contributed by atoms with E-state index in [0.717, 1.165) is 6.07 Å². The lowest BCUT2D eigenvalue weighted by Gasteiger charge is -2.13. The molecule has 11 heteroatoms. The van der Waals surface area contributed by atoms with Crippen LogP contribution in [0.1, 0.15) is 18.1 Å². The number of carbonyl (C=O) groups excluding carboxylic acids is 1. The Morgan fingerprint density at radius 3 is 2.40 bits per heavy atom. The maximum absolute atomic E-state index is 13.0. The van der Waals surface area contributed by atoms with E-state index in [9.17, 15) is 28.1 Å². The van der Waals surface area contributed by atoms with E-state index in [1.54, 1.807) is 43.3 Å². The van der Waals surface area contributed by atoms with Gasteiger partial charge in [-0.1, -0.05) is 34.1 Å². The SMILES string of the molecule is CC1=NN(c2ccccc2)C(=O)/C1=C/c1cc(Br)ccc1Oc1ccc(C(F)(F)F)cc1[N+](=O)[O-]. The van der Waals surface area contributed by atoms with Crippen LogP contribution in [-0.4, -0.2) is 16.5 Å². The van der Waals surface area contributed by atoms with E-state index in [0.29, 0.717) is 33.6 Å². The molecule has 0 aromatic heterocycles. The number of amides is 1. The zero-order valence-electron chi connectivity index (χ0n) is 17.9. The Morgan fingerprint density at radius 1 is 1.06 bits per heavy atom. The van der Waals surface area contributed by atoms with Gasteiger partial charge in [-0.2, -0.15) is 23.3 Å². The molecule has 0 atom stereocenters. The van der Waals surface area contributed by atoms with E-state index in [4.69, 9.17) is 4.74 Å². The molecule has 4 rings (SSSR count). The van der Waals surface area contributed by atoms with Crippen molar-refractivity contribution in [3.8, 4) is 11.5 Å². The standard InChI is InChI=1S/C24H15BrF3N3O4/c1-14-19(23(32)30(29-14)18-5-3-2-4-6-18)12-15-11-17(25)8-10-21(15)35-22-9-7-16(24(26,27)28)13-20(22)31(33)34/h2-13H,1H3/b19-12+. The summed E-state index contributed by atoms with van der Waals surface area (Å²) in [5.41, 5.74) is -0.373. The van der Waals surface area contributed by atoms with E-state index in [1.165, 1.54) is 17.2 Å². The van der Waals surface area contributed by atoms with Crippen molar-refractivity contribution in [2.24, 2.45) is 5.10 Å². The second-order valence-electron chi connectivity index (χ2n) is 7.42. The van der Waals surface area contributed by atoms with E-state index in [2.05, 4.69) is 21.0 Å². The first-order valence-corrected chi connectivity index (χ1v) is 10.8. The molecule has 0 bridgehead atoms. The summed E-state index contributed by atoms with van der Waals surface area (Å²) in [6.45, 7) is 1.66. The van der Waals surface area contributed by atoms with Gasteiger partial charge in [0.15, 0.2) is 0 Å². The third kappa shape index (κ3) is 5.09. The van der Waals surface area contributed by atoms with E-state index < -0.39 is 22.4 Å². The van der Waals surface area contributed by atoms with Gasteiger partial charge in [0.2, 0.25) is 5.75 Å². The summed E-state index contributed by atoms with van der Waals surface area (Å²) in [4.78, 5) is 23.5. The van der Waals surface area contributed by atoms with Crippen molar-refractivity contribution in [2.45, 2.75) is 13.1 Å². The first-order chi connectivity index (χ1) is 16.5. The van der Waals surface area contributed by atoms with Crippen LogP contribution in [0.3, 0.4) is 0 Å². The fraction of sp³-hybridized carbons (Fsp3) is 0.0833. The summed E-state index contributed by atoms with van der Waals surface area (Å²) in [6.07, 6.45) is -3.24. The summed E-state index contributed by atoms with van der Waals surface area (Å²) in [6, 6.07) is 15.5. The molecule has 1 amide bonds. The maximum atomic E-state index is 13.0. The quantitative estimate of drug-likeness (QED) is 0.197. The van der Waals surface area contributed by atoms with Crippen LogP contribution >= 0.6 is 15.9 Å². The molecule has 0 fully saturated rings. The van der Waals surface area contributed by atoms with Crippen LogP contribution in [0, 0.1) is 10.1 Å². The van der Waals surface area contributed by atoms with Gasteiger partial charge < -0.3 is 4.74 Å². The molecular formula is C24H15BrF3N3O4. The number of alkyl halides is 3. The van der Waals surface area contributed by atoms with Crippen LogP contribution < -0.4 is 9.75 Å². The Labute approximate surface area is 205 Å². The van der Waals surface area contributed by atoms with Crippen LogP contribution in [0.4, 0.5) is 24.5 Å². The topological polar surface area (TPSA) is 85.0 Å². The number of benzene rings is 3. The second-order valence-corrected chi connectivity index (χ2v) is 8.33. The molecular weight excluding hydrogens is 531 g/mol. The molecule has 1 aliphatic heterocycles. The first kappa shape index (κ1) is 24.1. The molecule has 0 saturated carbocycles. The average Bonchev–Trinajstić information content (AvgIpc) is 3.09. The van der Waals surface area contributed by atoms with E-state index in [1.807, 2.05) is 6.07 Å². The highest BCUT2D eigenvalue weighted by Gasteiger charge is 2.34. The van der Waals surface area contributed by atoms with Crippen LogP contribution in [-0.2, 0) is 11.0 Å². The molecule has 0 N–H and O–H groups in total. The zero-order valence-corrected chi connectivity index (χ0v) is 19.5. The minimum atomic E-state index is -4.75. The number of rotatable bonds is 5. The number of carbonyl (C=O) groups is 1. The van der Waals surface area contributed by atoms with Crippen molar-refractivity contribution < 1.29 is 27.6 Å². The Hall–Kier alpha value is -3.99. The lowest BCUT2D eigenvalue weighted by atomic mass is 10.1. The molecule has 3 aromatic rings. The fourth-order valence-corrected chi connectivity index (χ4v) is 3.73. The van der Waals surface area contributed by atoms with E-state index in [-0.39, 0.29) is 23.0 Å². The molecule has 3 aromatic carbocycles. The normalized spacial score (nSPS) is 14.9. The minimum Gasteiger partial charge on any atom is -0.449 e. The number of hydrogen-bond acceptors (Lipinski definition) is 5. The highest BCUT2D eigenvalue weighted by atomic mass is 79.9.